The molecule has 2 aromatic rings. The summed E-state index contributed by atoms with van der Waals surface area (Å²) in [6, 6.07) is 9.92. The number of hydrogen-bond acceptors (Lipinski definition) is 3. The number of rotatable bonds is 8. The van der Waals surface area contributed by atoms with Crippen molar-refractivity contribution in [2.45, 2.75) is 59.2 Å². The molecule has 0 saturated carbocycles. The predicted molar refractivity (Wildman–Crippen MR) is 133 cm³/mol. The average Bonchev–Trinajstić information content (AvgIpc) is 2.68. The molecule has 0 heterocycles. The van der Waals surface area contributed by atoms with Gasteiger partial charge in [-0.15, -0.1) is 0 Å². The first kappa shape index (κ1) is 26.5. The molecule has 1 N–H and O–H groups in total. The van der Waals surface area contributed by atoms with E-state index in [0.717, 1.165) is 10.0 Å². The molecule has 0 bridgehead atoms. The van der Waals surface area contributed by atoms with Gasteiger partial charge in [-0.1, -0.05) is 52.1 Å². The van der Waals surface area contributed by atoms with E-state index in [1.807, 2.05) is 46.8 Å². The lowest BCUT2D eigenvalue weighted by Crippen LogP contribution is -2.54. The van der Waals surface area contributed by atoms with Gasteiger partial charge >= 0.3 is 0 Å². The lowest BCUT2D eigenvalue weighted by atomic mass is 10.1. The summed E-state index contributed by atoms with van der Waals surface area (Å²) in [6.45, 7) is 9.48. The Morgan fingerprint density at radius 3 is 2.41 bits per heavy atom. The summed E-state index contributed by atoms with van der Waals surface area (Å²) in [7, 11) is 0. The number of halogens is 3. The molecule has 2 rings (SSSR count). The maximum Gasteiger partial charge on any atom is 0.261 e. The van der Waals surface area contributed by atoms with Crippen molar-refractivity contribution in [2.24, 2.45) is 0 Å². The van der Waals surface area contributed by atoms with Gasteiger partial charge in [0.15, 0.2) is 6.61 Å². The molecule has 2 aromatic carbocycles. The van der Waals surface area contributed by atoms with Crippen molar-refractivity contribution < 1.29 is 14.3 Å². The number of ether oxygens (including phenoxy) is 1. The molecular weight excluding hydrogens is 515 g/mol. The van der Waals surface area contributed by atoms with Gasteiger partial charge < -0.3 is 15.0 Å². The van der Waals surface area contributed by atoms with Gasteiger partial charge in [0.25, 0.3) is 5.91 Å². The third-order valence-corrected chi connectivity index (χ3v) is 6.21. The molecule has 2 amide bonds. The molecule has 8 heteroatoms. The molecule has 174 valence electrons. The summed E-state index contributed by atoms with van der Waals surface area (Å²) in [4.78, 5) is 27.8. The van der Waals surface area contributed by atoms with Gasteiger partial charge in [0.1, 0.15) is 11.8 Å². The van der Waals surface area contributed by atoms with Crippen molar-refractivity contribution in [2.75, 3.05) is 6.61 Å². The fourth-order valence-electron chi connectivity index (χ4n) is 3.14. The highest BCUT2D eigenvalue weighted by molar-refractivity contribution is 9.10. The van der Waals surface area contributed by atoms with E-state index in [1.165, 1.54) is 4.90 Å². The Bertz CT molecular complexity index is 976. The highest BCUT2D eigenvalue weighted by atomic mass is 79.9. The number of amides is 2. The summed E-state index contributed by atoms with van der Waals surface area (Å²) < 4.78 is 6.71. The molecule has 0 aliphatic heterocycles. The highest BCUT2D eigenvalue weighted by Crippen LogP contribution is 2.25. The zero-order chi connectivity index (χ0) is 24.1. The number of carbonyl (C=O) groups is 2. The number of nitrogens with one attached hydrogen (secondary N) is 1. The van der Waals surface area contributed by atoms with Crippen LogP contribution >= 0.6 is 39.1 Å². The minimum Gasteiger partial charge on any atom is -0.484 e. The van der Waals surface area contributed by atoms with Crippen molar-refractivity contribution in [3.8, 4) is 5.75 Å². The zero-order valence-electron chi connectivity index (χ0n) is 19.0. The number of carbonyl (C=O) groups excluding carboxylic acids is 2. The minimum atomic E-state index is -0.677. The predicted octanol–water partition coefficient (Wildman–Crippen LogP) is 6.17. The minimum absolute atomic E-state index is 0.160. The Hall–Kier alpha value is -1.76. The van der Waals surface area contributed by atoms with Crippen molar-refractivity contribution in [3.05, 3.63) is 62.0 Å². The lowest BCUT2D eigenvalue weighted by Gasteiger charge is -2.33. The van der Waals surface area contributed by atoms with E-state index in [4.69, 9.17) is 27.9 Å². The third-order valence-electron chi connectivity index (χ3n) is 4.73. The molecule has 5 nitrogen and oxygen atoms in total. The SMILES string of the molecule is CC[C@@H](C(=O)NC(C)(C)C)N(Cc1ccc(Cl)cc1Cl)C(=O)COc1ccc(Br)c(C)c1. The van der Waals surface area contributed by atoms with E-state index in [2.05, 4.69) is 21.2 Å². The van der Waals surface area contributed by atoms with E-state index >= 15 is 0 Å². The molecule has 0 aromatic heterocycles. The number of nitrogens with zero attached hydrogens (tertiary/aromatic N) is 1. The number of aryl methyl sites for hydroxylation is 1. The maximum atomic E-state index is 13.3. The van der Waals surface area contributed by atoms with Crippen LogP contribution in [0.4, 0.5) is 0 Å². The second-order valence-corrected chi connectivity index (χ2v) is 10.3. The lowest BCUT2D eigenvalue weighted by molar-refractivity contribution is -0.143. The summed E-state index contributed by atoms with van der Waals surface area (Å²) in [5.74, 6) is 0.0427. The Morgan fingerprint density at radius 2 is 1.84 bits per heavy atom. The van der Waals surface area contributed by atoms with Crippen LogP contribution in [0, 0.1) is 6.92 Å². The van der Waals surface area contributed by atoms with Gasteiger partial charge in [0.2, 0.25) is 5.91 Å². The zero-order valence-corrected chi connectivity index (χ0v) is 22.1. The average molecular weight is 544 g/mol. The highest BCUT2D eigenvalue weighted by Gasteiger charge is 2.31. The van der Waals surface area contributed by atoms with Gasteiger partial charge in [-0.05, 0) is 75.6 Å². The Labute approximate surface area is 208 Å². The van der Waals surface area contributed by atoms with Crippen LogP contribution in [0.15, 0.2) is 40.9 Å². The van der Waals surface area contributed by atoms with Gasteiger partial charge in [-0.3, -0.25) is 9.59 Å². The van der Waals surface area contributed by atoms with Gasteiger partial charge in [-0.25, -0.2) is 0 Å². The smallest absolute Gasteiger partial charge is 0.261 e. The standard InChI is InChI=1S/C24H29BrCl2N2O3/c1-6-21(23(31)28-24(3,4)5)29(13-16-7-8-17(26)12-20(16)27)22(30)14-32-18-9-10-19(25)15(2)11-18/h7-12,21H,6,13-14H2,1-5H3,(H,28,31)/t21-/m0/s1. The van der Waals surface area contributed by atoms with Crippen LogP contribution in [-0.4, -0.2) is 34.9 Å². The van der Waals surface area contributed by atoms with Crippen molar-refractivity contribution >= 4 is 50.9 Å². The number of benzene rings is 2. The van der Waals surface area contributed by atoms with Crippen LogP contribution < -0.4 is 10.1 Å². The molecule has 0 radical (unpaired) electrons. The van der Waals surface area contributed by atoms with Gasteiger partial charge in [-0.2, -0.15) is 0 Å². The van der Waals surface area contributed by atoms with E-state index in [0.29, 0.717) is 27.8 Å². The van der Waals surface area contributed by atoms with Crippen molar-refractivity contribution in [1.29, 1.82) is 0 Å². The monoisotopic (exact) mass is 542 g/mol. The van der Waals surface area contributed by atoms with Crippen LogP contribution in [0.25, 0.3) is 0 Å². The largest absolute Gasteiger partial charge is 0.484 e. The van der Waals surface area contributed by atoms with Crippen molar-refractivity contribution in [3.63, 3.8) is 0 Å². The molecule has 32 heavy (non-hydrogen) atoms. The summed E-state index contributed by atoms with van der Waals surface area (Å²) >= 11 is 15.8. The van der Waals surface area contributed by atoms with Crippen LogP contribution in [0.2, 0.25) is 10.0 Å². The second-order valence-electron chi connectivity index (χ2n) is 8.62. The normalized spacial score (nSPS) is 12.2. The van der Waals surface area contributed by atoms with Gasteiger partial charge in [0, 0.05) is 26.6 Å². The molecule has 0 aliphatic rings. The molecule has 0 spiro atoms. The van der Waals surface area contributed by atoms with Crippen LogP contribution in [0.1, 0.15) is 45.2 Å². The first-order valence-corrected chi connectivity index (χ1v) is 11.9. The van der Waals surface area contributed by atoms with Crippen LogP contribution in [0.5, 0.6) is 5.75 Å². The quantitative estimate of drug-likeness (QED) is 0.433. The third kappa shape index (κ3) is 7.68. The van der Waals surface area contributed by atoms with Crippen LogP contribution in [-0.2, 0) is 16.1 Å². The topological polar surface area (TPSA) is 58.6 Å². The molecule has 0 aliphatic carbocycles. The summed E-state index contributed by atoms with van der Waals surface area (Å²) in [5, 5.41) is 3.91. The molecule has 1 atom stereocenters. The number of hydrogen-bond donors (Lipinski definition) is 1. The first-order chi connectivity index (χ1) is 14.9. The van der Waals surface area contributed by atoms with E-state index in [9.17, 15) is 9.59 Å². The second kappa shape index (κ2) is 11.4. The maximum absolute atomic E-state index is 13.3. The van der Waals surface area contributed by atoms with E-state index < -0.39 is 11.6 Å². The van der Waals surface area contributed by atoms with E-state index in [-0.39, 0.29) is 25.0 Å². The summed E-state index contributed by atoms with van der Waals surface area (Å²) in [6.07, 6.45) is 0.441. The summed E-state index contributed by atoms with van der Waals surface area (Å²) in [5.41, 5.74) is 1.27. The van der Waals surface area contributed by atoms with Crippen LogP contribution in [0.3, 0.4) is 0 Å². The van der Waals surface area contributed by atoms with Crippen molar-refractivity contribution in [1.82, 2.24) is 10.2 Å². The molecule has 0 unspecified atom stereocenters. The fourth-order valence-corrected chi connectivity index (χ4v) is 3.86. The molecular formula is C24H29BrCl2N2O3. The van der Waals surface area contributed by atoms with E-state index in [1.54, 1.807) is 24.3 Å². The molecule has 0 saturated heterocycles. The Balaban J connectivity index is 2.29. The fraction of sp³-hybridized carbons (Fsp3) is 0.417. The van der Waals surface area contributed by atoms with Gasteiger partial charge in [0.05, 0.1) is 0 Å². The Kier molecular flexibility index (Phi) is 9.43. The Morgan fingerprint density at radius 1 is 1.16 bits per heavy atom. The molecule has 0 fully saturated rings. The first-order valence-electron chi connectivity index (χ1n) is 10.4.